The highest BCUT2D eigenvalue weighted by atomic mass is 16.4. The predicted octanol–water partition coefficient (Wildman–Crippen LogP) is 1.82. The Kier molecular flexibility index (Phi) is 3.10. The molecule has 0 spiro atoms. The second-order valence-corrected chi connectivity index (χ2v) is 4.67. The van der Waals surface area contributed by atoms with Crippen LogP contribution in [0.5, 0.6) is 0 Å². The molecule has 2 aliphatic carbocycles. The van der Waals surface area contributed by atoms with E-state index < -0.39 is 5.97 Å². The number of hydrogen-bond donors (Lipinski definition) is 2. The minimum atomic E-state index is -0.730. The second kappa shape index (κ2) is 4.35. The molecule has 2 rings (SSSR count). The van der Waals surface area contributed by atoms with Gasteiger partial charge in [-0.15, -0.1) is 0 Å². The first-order valence-electron chi connectivity index (χ1n) is 5.76. The van der Waals surface area contributed by atoms with Crippen molar-refractivity contribution in [3.8, 4) is 0 Å². The van der Waals surface area contributed by atoms with Gasteiger partial charge in [0.25, 0.3) is 0 Å². The maximum atomic E-state index is 11.2. The molecular formula is C12H18O3. The lowest BCUT2D eigenvalue weighted by molar-refractivity contribution is -0.147. The SMILES string of the molecule is O=C(O)[C@@H]1[C@H](CO)CC=C2CCCC[C@@H]21. The third-order valence-corrected chi connectivity index (χ3v) is 3.85. The molecule has 2 N–H and O–H groups in total. The molecule has 84 valence electrons. The summed E-state index contributed by atoms with van der Waals surface area (Å²) in [6, 6.07) is 0. The Hall–Kier alpha value is -0.830. The molecule has 0 radical (unpaired) electrons. The standard InChI is InChI=1S/C12H18O3/c13-7-9-6-5-8-3-1-2-4-10(8)11(9)12(14)15/h5,9-11,13H,1-4,6-7H2,(H,14,15)/t9-,10-,11+/m0/s1. The number of hydrogen-bond acceptors (Lipinski definition) is 2. The first kappa shape index (κ1) is 10.7. The number of fused-ring (bicyclic) bond motifs is 1. The molecule has 0 amide bonds. The van der Waals surface area contributed by atoms with Gasteiger partial charge >= 0.3 is 5.97 Å². The molecule has 3 heteroatoms. The minimum absolute atomic E-state index is 0.00273. The monoisotopic (exact) mass is 210 g/mol. The minimum Gasteiger partial charge on any atom is -0.481 e. The van der Waals surface area contributed by atoms with E-state index in [9.17, 15) is 15.0 Å². The van der Waals surface area contributed by atoms with Crippen molar-refractivity contribution in [2.75, 3.05) is 6.61 Å². The first-order valence-corrected chi connectivity index (χ1v) is 5.76. The summed E-state index contributed by atoms with van der Waals surface area (Å²) in [5.41, 5.74) is 1.33. The molecule has 15 heavy (non-hydrogen) atoms. The Morgan fingerprint density at radius 3 is 2.93 bits per heavy atom. The summed E-state index contributed by atoms with van der Waals surface area (Å²) in [4.78, 5) is 11.2. The quantitative estimate of drug-likeness (QED) is 0.683. The van der Waals surface area contributed by atoms with Crippen LogP contribution in [0.4, 0.5) is 0 Å². The molecule has 3 nitrogen and oxygen atoms in total. The smallest absolute Gasteiger partial charge is 0.307 e. The van der Waals surface area contributed by atoms with Gasteiger partial charge in [0.2, 0.25) is 0 Å². The summed E-state index contributed by atoms with van der Waals surface area (Å²) < 4.78 is 0. The fourth-order valence-corrected chi connectivity index (χ4v) is 3.07. The molecule has 0 aliphatic heterocycles. The van der Waals surface area contributed by atoms with Gasteiger partial charge in [0, 0.05) is 6.61 Å². The topological polar surface area (TPSA) is 57.5 Å². The third kappa shape index (κ3) is 1.93. The summed E-state index contributed by atoms with van der Waals surface area (Å²) >= 11 is 0. The number of carbonyl (C=O) groups is 1. The molecule has 0 aromatic carbocycles. The Morgan fingerprint density at radius 1 is 1.47 bits per heavy atom. The Morgan fingerprint density at radius 2 is 2.27 bits per heavy atom. The van der Waals surface area contributed by atoms with E-state index in [0.717, 1.165) is 25.7 Å². The lowest BCUT2D eigenvalue weighted by Crippen LogP contribution is -2.37. The number of aliphatic carboxylic acids is 1. The Balaban J connectivity index is 2.23. The van der Waals surface area contributed by atoms with Crippen molar-refractivity contribution < 1.29 is 15.0 Å². The molecular weight excluding hydrogens is 192 g/mol. The molecule has 0 aromatic rings. The van der Waals surface area contributed by atoms with Gasteiger partial charge in [0.1, 0.15) is 0 Å². The van der Waals surface area contributed by atoms with Gasteiger partial charge in [-0.1, -0.05) is 18.1 Å². The van der Waals surface area contributed by atoms with Crippen LogP contribution < -0.4 is 0 Å². The van der Waals surface area contributed by atoms with E-state index in [2.05, 4.69) is 6.08 Å². The van der Waals surface area contributed by atoms with Gasteiger partial charge in [0.05, 0.1) is 5.92 Å². The van der Waals surface area contributed by atoms with Gasteiger partial charge in [0.15, 0.2) is 0 Å². The second-order valence-electron chi connectivity index (χ2n) is 4.67. The van der Waals surface area contributed by atoms with Crippen molar-refractivity contribution >= 4 is 5.97 Å². The van der Waals surface area contributed by atoms with E-state index in [1.165, 1.54) is 12.0 Å². The average molecular weight is 210 g/mol. The number of carboxylic acids is 1. The fourth-order valence-electron chi connectivity index (χ4n) is 3.07. The van der Waals surface area contributed by atoms with Crippen molar-refractivity contribution in [2.45, 2.75) is 32.1 Å². The highest BCUT2D eigenvalue weighted by Crippen LogP contribution is 2.42. The van der Waals surface area contributed by atoms with Crippen molar-refractivity contribution in [3.05, 3.63) is 11.6 Å². The van der Waals surface area contributed by atoms with Crippen LogP contribution in [0.25, 0.3) is 0 Å². The number of carboxylic acid groups (broad SMARTS) is 1. The number of aliphatic hydroxyl groups is 1. The van der Waals surface area contributed by atoms with Gasteiger partial charge in [-0.05, 0) is 37.5 Å². The first-order chi connectivity index (χ1) is 7.24. The van der Waals surface area contributed by atoms with Crippen LogP contribution in [0, 0.1) is 17.8 Å². The van der Waals surface area contributed by atoms with Gasteiger partial charge in [-0.25, -0.2) is 0 Å². The molecule has 1 saturated carbocycles. The van der Waals surface area contributed by atoms with E-state index in [0.29, 0.717) is 0 Å². The van der Waals surface area contributed by atoms with Crippen LogP contribution in [0.3, 0.4) is 0 Å². The molecule has 0 unspecified atom stereocenters. The number of aliphatic hydroxyl groups excluding tert-OH is 1. The summed E-state index contributed by atoms with van der Waals surface area (Å²) in [6.07, 6.45) is 7.28. The van der Waals surface area contributed by atoms with E-state index in [-0.39, 0.29) is 24.4 Å². The van der Waals surface area contributed by atoms with Crippen LogP contribution >= 0.6 is 0 Å². The molecule has 0 aromatic heterocycles. The summed E-state index contributed by atoms with van der Waals surface area (Å²) in [5, 5.41) is 18.4. The Bertz CT molecular complexity index is 283. The van der Waals surface area contributed by atoms with Gasteiger partial charge in [-0.2, -0.15) is 0 Å². The number of rotatable bonds is 2. The van der Waals surface area contributed by atoms with Crippen LogP contribution in [0.15, 0.2) is 11.6 Å². The summed E-state index contributed by atoms with van der Waals surface area (Å²) in [6.45, 7) is -0.00273. The fraction of sp³-hybridized carbons (Fsp3) is 0.750. The molecule has 1 fully saturated rings. The molecule has 3 atom stereocenters. The maximum Gasteiger partial charge on any atom is 0.307 e. The zero-order valence-corrected chi connectivity index (χ0v) is 8.85. The normalized spacial score (nSPS) is 35.5. The highest BCUT2D eigenvalue weighted by molar-refractivity contribution is 5.71. The molecule has 0 saturated heterocycles. The lowest BCUT2D eigenvalue weighted by atomic mass is 9.67. The van der Waals surface area contributed by atoms with Crippen LogP contribution in [-0.4, -0.2) is 22.8 Å². The van der Waals surface area contributed by atoms with E-state index in [1.54, 1.807) is 0 Å². The van der Waals surface area contributed by atoms with Gasteiger partial charge in [-0.3, -0.25) is 4.79 Å². The largest absolute Gasteiger partial charge is 0.481 e. The van der Waals surface area contributed by atoms with E-state index in [4.69, 9.17) is 0 Å². The summed E-state index contributed by atoms with van der Waals surface area (Å²) in [7, 11) is 0. The van der Waals surface area contributed by atoms with E-state index in [1.807, 2.05) is 0 Å². The molecule has 0 heterocycles. The van der Waals surface area contributed by atoms with Crippen molar-refractivity contribution in [1.29, 1.82) is 0 Å². The average Bonchev–Trinajstić information content (AvgIpc) is 2.27. The zero-order valence-electron chi connectivity index (χ0n) is 8.85. The molecule has 0 bridgehead atoms. The van der Waals surface area contributed by atoms with Crippen LogP contribution in [0.2, 0.25) is 0 Å². The van der Waals surface area contributed by atoms with Crippen molar-refractivity contribution in [3.63, 3.8) is 0 Å². The van der Waals surface area contributed by atoms with E-state index >= 15 is 0 Å². The third-order valence-electron chi connectivity index (χ3n) is 3.85. The van der Waals surface area contributed by atoms with Crippen molar-refractivity contribution in [1.82, 2.24) is 0 Å². The zero-order chi connectivity index (χ0) is 10.8. The lowest BCUT2D eigenvalue weighted by Gasteiger charge is -2.37. The predicted molar refractivity (Wildman–Crippen MR) is 56.4 cm³/mol. The Labute approximate surface area is 89.8 Å². The van der Waals surface area contributed by atoms with Crippen LogP contribution in [0.1, 0.15) is 32.1 Å². The van der Waals surface area contributed by atoms with Crippen molar-refractivity contribution in [2.24, 2.45) is 17.8 Å². The van der Waals surface area contributed by atoms with Crippen LogP contribution in [-0.2, 0) is 4.79 Å². The van der Waals surface area contributed by atoms with Gasteiger partial charge < -0.3 is 10.2 Å². The number of allylic oxidation sites excluding steroid dienone is 2. The summed E-state index contributed by atoms with van der Waals surface area (Å²) in [5.74, 6) is -0.960. The maximum absolute atomic E-state index is 11.2. The highest BCUT2D eigenvalue weighted by Gasteiger charge is 2.39. The molecule has 2 aliphatic rings.